The number of benzene rings is 1. The highest BCUT2D eigenvalue weighted by Gasteiger charge is 2.21. The van der Waals surface area contributed by atoms with Gasteiger partial charge in [-0.25, -0.2) is 0 Å². The number of hydrogen-bond acceptors (Lipinski definition) is 4. The van der Waals surface area contributed by atoms with Gasteiger partial charge in [-0.3, -0.25) is 9.69 Å². The molecular weight excluding hydrogens is 280 g/mol. The van der Waals surface area contributed by atoms with E-state index in [1.54, 1.807) is 13.3 Å². The zero-order chi connectivity index (χ0) is 15.4. The van der Waals surface area contributed by atoms with Crippen molar-refractivity contribution in [1.82, 2.24) is 10.2 Å². The molecule has 5 nitrogen and oxygen atoms in total. The number of hydrogen-bond donors (Lipinski definition) is 1. The molecule has 0 aliphatic carbocycles. The minimum Gasteiger partial charge on any atom is -0.464 e. The van der Waals surface area contributed by atoms with E-state index in [2.05, 4.69) is 16.3 Å². The van der Waals surface area contributed by atoms with Crippen LogP contribution in [0, 0.1) is 5.92 Å². The lowest BCUT2D eigenvalue weighted by Crippen LogP contribution is -2.39. The molecule has 1 saturated heterocycles. The summed E-state index contributed by atoms with van der Waals surface area (Å²) in [6, 6.07) is 8.18. The molecule has 0 radical (unpaired) electrons. The Hall–Kier alpha value is -1.85. The van der Waals surface area contributed by atoms with Gasteiger partial charge in [-0.1, -0.05) is 12.1 Å². The smallest absolute Gasteiger partial charge is 0.233 e. The highest BCUT2D eigenvalue weighted by Crippen LogP contribution is 2.23. The molecule has 1 aliphatic rings. The summed E-state index contributed by atoms with van der Waals surface area (Å²) in [5.41, 5.74) is 2.20. The highest BCUT2D eigenvalue weighted by molar-refractivity contribution is 5.80. The van der Waals surface area contributed by atoms with Crippen molar-refractivity contribution in [2.45, 2.75) is 6.42 Å². The Labute approximate surface area is 130 Å². The highest BCUT2D eigenvalue weighted by atomic mass is 16.5. The maximum absolute atomic E-state index is 11.6. The quantitative estimate of drug-likeness (QED) is 0.933. The van der Waals surface area contributed by atoms with Gasteiger partial charge in [0, 0.05) is 25.5 Å². The third-order valence-corrected chi connectivity index (χ3v) is 4.16. The van der Waals surface area contributed by atoms with E-state index in [0.29, 0.717) is 19.1 Å². The van der Waals surface area contributed by atoms with Crippen LogP contribution in [0.5, 0.6) is 0 Å². The molecule has 1 aromatic carbocycles. The van der Waals surface area contributed by atoms with Crippen molar-refractivity contribution >= 4 is 16.9 Å². The summed E-state index contributed by atoms with van der Waals surface area (Å²) in [6.07, 6.45) is 2.66. The van der Waals surface area contributed by atoms with Gasteiger partial charge in [0.05, 0.1) is 26.0 Å². The Kier molecular flexibility index (Phi) is 4.75. The number of nitrogens with zero attached hydrogens (tertiary/aromatic N) is 1. The number of ether oxygens (including phenoxy) is 1. The van der Waals surface area contributed by atoms with E-state index in [9.17, 15) is 4.79 Å². The van der Waals surface area contributed by atoms with Crippen molar-refractivity contribution in [2.75, 3.05) is 39.9 Å². The van der Waals surface area contributed by atoms with Gasteiger partial charge in [-0.05, 0) is 30.0 Å². The van der Waals surface area contributed by atoms with Gasteiger partial charge in [-0.15, -0.1) is 0 Å². The Morgan fingerprint density at radius 3 is 3.18 bits per heavy atom. The molecule has 2 heterocycles. The third-order valence-electron chi connectivity index (χ3n) is 4.16. The van der Waals surface area contributed by atoms with Crippen molar-refractivity contribution in [3.63, 3.8) is 0 Å². The van der Waals surface area contributed by atoms with Crippen molar-refractivity contribution in [1.29, 1.82) is 0 Å². The summed E-state index contributed by atoms with van der Waals surface area (Å²) in [5.74, 6) is 0.435. The molecule has 3 rings (SSSR count). The zero-order valence-electron chi connectivity index (χ0n) is 12.9. The number of amides is 1. The fourth-order valence-corrected chi connectivity index (χ4v) is 3.05. The van der Waals surface area contributed by atoms with Gasteiger partial charge in [0.25, 0.3) is 0 Å². The van der Waals surface area contributed by atoms with E-state index in [0.717, 1.165) is 31.7 Å². The third kappa shape index (κ3) is 3.48. The van der Waals surface area contributed by atoms with Crippen LogP contribution in [0.25, 0.3) is 11.0 Å². The van der Waals surface area contributed by atoms with Crippen LogP contribution in [0.3, 0.4) is 0 Å². The summed E-state index contributed by atoms with van der Waals surface area (Å²) < 4.78 is 11.2. The maximum Gasteiger partial charge on any atom is 0.233 e. The van der Waals surface area contributed by atoms with Crippen LogP contribution in [0.15, 0.2) is 34.9 Å². The minimum absolute atomic E-state index is 0.0533. The van der Waals surface area contributed by atoms with Gasteiger partial charge in [0.2, 0.25) is 5.91 Å². The molecule has 0 bridgehead atoms. The molecule has 1 amide bonds. The molecule has 2 aromatic rings. The van der Waals surface area contributed by atoms with Crippen molar-refractivity contribution in [3.8, 4) is 0 Å². The van der Waals surface area contributed by atoms with E-state index in [1.165, 1.54) is 10.9 Å². The number of carbonyl (C=O) groups is 1. The molecule has 1 aliphatic heterocycles. The van der Waals surface area contributed by atoms with E-state index in [4.69, 9.17) is 9.15 Å². The zero-order valence-corrected chi connectivity index (χ0v) is 12.9. The molecule has 22 heavy (non-hydrogen) atoms. The molecule has 0 unspecified atom stereocenters. The molecule has 118 valence electrons. The summed E-state index contributed by atoms with van der Waals surface area (Å²) >= 11 is 0. The van der Waals surface area contributed by atoms with Crippen molar-refractivity contribution in [2.24, 2.45) is 5.92 Å². The van der Waals surface area contributed by atoms with Crippen LogP contribution >= 0.6 is 0 Å². The van der Waals surface area contributed by atoms with Crippen LogP contribution in [0.2, 0.25) is 0 Å². The molecule has 1 fully saturated rings. The Bertz CT molecular complexity index is 638. The van der Waals surface area contributed by atoms with E-state index < -0.39 is 0 Å². The van der Waals surface area contributed by atoms with Gasteiger partial charge in [0.15, 0.2) is 0 Å². The summed E-state index contributed by atoms with van der Waals surface area (Å²) in [6.45, 7) is 3.54. The lowest BCUT2D eigenvalue weighted by Gasteiger charge is -2.22. The number of likely N-dealkylation sites (N-methyl/N-ethyl adjacent to an activating group) is 1. The standard InChI is InChI=1S/C17H22N2O3/c1-18-17(20)11-19-6-8-21-12-13(10-19)9-14-3-2-4-16-15(14)5-7-22-16/h2-5,7,13H,6,8-12H2,1H3,(H,18,20)/t13-/m1/s1. The van der Waals surface area contributed by atoms with Crippen LogP contribution in [0.4, 0.5) is 0 Å². The monoisotopic (exact) mass is 302 g/mol. The van der Waals surface area contributed by atoms with Crippen LogP contribution in [0.1, 0.15) is 5.56 Å². The van der Waals surface area contributed by atoms with Gasteiger partial charge in [0.1, 0.15) is 5.58 Å². The largest absolute Gasteiger partial charge is 0.464 e. The van der Waals surface area contributed by atoms with Crippen molar-refractivity contribution < 1.29 is 13.9 Å². The molecular formula is C17H22N2O3. The first-order valence-corrected chi connectivity index (χ1v) is 7.72. The first kappa shape index (κ1) is 15.1. The van der Waals surface area contributed by atoms with E-state index in [-0.39, 0.29) is 5.91 Å². The van der Waals surface area contributed by atoms with E-state index in [1.807, 2.05) is 18.2 Å². The average molecular weight is 302 g/mol. The molecule has 0 spiro atoms. The second kappa shape index (κ2) is 6.94. The number of carbonyl (C=O) groups excluding carboxylic acids is 1. The maximum atomic E-state index is 11.6. The minimum atomic E-state index is 0.0533. The van der Waals surface area contributed by atoms with Gasteiger partial charge in [-0.2, -0.15) is 0 Å². The molecule has 1 atom stereocenters. The van der Waals surface area contributed by atoms with E-state index >= 15 is 0 Å². The number of nitrogens with one attached hydrogen (secondary N) is 1. The van der Waals surface area contributed by atoms with Gasteiger partial charge < -0.3 is 14.5 Å². The van der Waals surface area contributed by atoms with Crippen LogP contribution in [-0.2, 0) is 16.0 Å². The topological polar surface area (TPSA) is 54.7 Å². The number of fused-ring (bicyclic) bond motifs is 1. The second-order valence-corrected chi connectivity index (χ2v) is 5.80. The van der Waals surface area contributed by atoms with Gasteiger partial charge >= 0.3 is 0 Å². The molecule has 0 saturated carbocycles. The lowest BCUT2D eigenvalue weighted by molar-refractivity contribution is -0.121. The summed E-state index contributed by atoms with van der Waals surface area (Å²) in [4.78, 5) is 13.8. The predicted octanol–water partition coefficient (Wildman–Crippen LogP) is 1.67. The Morgan fingerprint density at radius 1 is 1.41 bits per heavy atom. The summed E-state index contributed by atoms with van der Waals surface area (Å²) in [7, 11) is 1.67. The number of rotatable bonds is 4. The first-order chi connectivity index (χ1) is 10.8. The summed E-state index contributed by atoms with van der Waals surface area (Å²) in [5, 5.41) is 3.86. The second-order valence-electron chi connectivity index (χ2n) is 5.80. The average Bonchev–Trinajstić information content (AvgIpc) is 2.90. The van der Waals surface area contributed by atoms with Crippen LogP contribution in [-0.4, -0.2) is 50.7 Å². The predicted molar refractivity (Wildman–Crippen MR) is 84.7 cm³/mol. The van der Waals surface area contributed by atoms with Crippen LogP contribution < -0.4 is 5.32 Å². The van der Waals surface area contributed by atoms with Crippen molar-refractivity contribution in [3.05, 3.63) is 36.1 Å². The lowest BCUT2D eigenvalue weighted by atomic mass is 9.97. The first-order valence-electron chi connectivity index (χ1n) is 7.72. The SMILES string of the molecule is CNC(=O)CN1CCOC[C@H](Cc2cccc3occc23)C1. The Balaban J connectivity index is 1.70. The molecule has 1 N–H and O–H groups in total. The molecule has 1 aromatic heterocycles. The fourth-order valence-electron chi connectivity index (χ4n) is 3.05. The normalized spacial score (nSPS) is 20.0. The Morgan fingerprint density at radius 2 is 2.32 bits per heavy atom. The number of furan rings is 1. The molecule has 5 heteroatoms. The fraction of sp³-hybridized carbons (Fsp3) is 0.471.